The number of likely N-dealkylation sites (tertiary alicyclic amines) is 1. The molecule has 1 aliphatic heterocycles. The lowest BCUT2D eigenvalue weighted by Gasteiger charge is -2.34. The number of ether oxygens (including phenoxy) is 1. The lowest BCUT2D eigenvalue weighted by Crippen LogP contribution is -2.42. The van der Waals surface area contributed by atoms with E-state index < -0.39 is 0 Å². The molecule has 1 amide bonds. The second kappa shape index (κ2) is 8.15. The minimum atomic E-state index is 0.283. The zero-order valence-electron chi connectivity index (χ0n) is 15.2. The number of carbonyl (C=O) groups excluding carboxylic acids is 1. The van der Waals surface area contributed by atoms with Crippen LogP contribution in [0.15, 0.2) is 24.3 Å². The van der Waals surface area contributed by atoms with E-state index in [0.29, 0.717) is 24.5 Å². The molecule has 3 rings (SSSR count). The number of benzene rings is 1. The van der Waals surface area contributed by atoms with E-state index in [1.807, 2.05) is 4.90 Å². The molecule has 0 spiro atoms. The van der Waals surface area contributed by atoms with E-state index in [4.69, 9.17) is 4.74 Å². The zero-order valence-corrected chi connectivity index (χ0v) is 15.2. The number of carbonyl (C=O) groups is 1. The summed E-state index contributed by atoms with van der Waals surface area (Å²) in [5.74, 6) is 0.580. The van der Waals surface area contributed by atoms with Gasteiger partial charge < -0.3 is 9.64 Å². The fourth-order valence-corrected chi connectivity index (χ4v) is 4.18. The van der Waals surface area contributed by atoms with Crippen molar-refractivity contribution in [2.75, 3.05) is 13.1 Å². The molecule has 0 radical (unpaired) electrons. The summed E-state index contributed by atoms with van der Waals surface area (Å²) in [5.41, 5.74) is 2.58. The average molecular weight is 329 g/mol. The average Bonchev–Trinajstić information content (AvgIpc) is 3.08. The van der Waals surface area contributed by atoms with Crippen LogP contribution in [0.25, 0.3) is 0 Å². The maximum absolute atomic E-state index is 12.6. The first-order valence-corrected chi connectivity index (χ1v) is 9.62. The van der Waals surface area contributed by atoms with Gasteiger partial charge in [0.2, 0.25) is 5.91 Å². The first-order valence-electron chi connectivity index (χ1n) is 9.62. The fourth-order valence-electron chi connectivity index (χ4n) is 4.18. The van der Waals surface area contributed by atoms with E-state index in [1.165, 1.54) is 36.8 Å². The molecule has 0 bridgehead atoms. The van der Waals surface area contributed by atoms with Crippen molar-refractivity contribution < 1.29 is 9.53 Å². The Balaban J connectivity index is 1.45. The normalized spacial score (nSPS) is 21.2. The van der Waals surface area contributed by atoms with Crippen LogP contribution in [0.4, 0.5) is 0 Å². The SMILES string of the molecule is Cc1ccccc1C(C)CC(=O)N1CCC(OC2CCCC2)CC1. The third kappa shape index (κ3) is 4.38. The standard InChI is InChI=1S/C21H31NO2/c1-16-7-3-6-10-20(16)17(2)15-21(23)22-13-11-19(12-14-22)24-18-8-4-5-9-18/h3,6-7,10,17-19H,4-5,8-9,11-15H2,1-2H3. The van der Waals surface area contributed by atoms with E-state index in [1.54, 1.807) is 0 Å². The summed E-state index contributed by atoms with van der Waals surface area (Å²) >= 11 is 0. The molecule has 0 N–H and O–H groups in total. The predicted molar refractivity (Wildman–Crippen MR) is 97.2 cm³/mol. The van der Waals surface area contributed by atoms with E-state index in [2.05, 4.69) is 38.1 Å². The highest BCUT2D eigenvalue weighted by Crippen LogP contribution is 2.27. The lowest BCUT2D eigenvalue weighted by atomic mass is 9.93. The highest BCUT2D eigenvalue weighted by Gasteiger charge is 2.27. The van der Waals surface area contributed by atoms with Crippen LogP contribution in [-0.4, -0.2) is 36.1 Å². The Morgan fingerprint density at radius 2 is 1.75 bits per heavy atom. The maximum Gasteiger partial charge on any atom is 0.223 e. The highest BCUT2D eigenvalue weighted by atomic mass is 16.5. The molecule has 3 heteroatoms. The van der Waals surface area contributed by atoms with Gasteiger partial charge in [-0.1, -0.05) is 44.0 Å². The first kappa shape index (κ1) is 17.5. The van der Waals surface area contributed by atoms with Gasteiger partial charge >= 0.3 is 0 Å². The molecule has 1 heterocycles. The second-order valence-electron chi connectivity index (χ2n) is 7.58. The van der Waals surface area contributed by atoms with Gasteiger partial charge in [0.25, 0.3) is 0 Å². The van der Waals surface area contributed by atoms with Gasteiger partial charge in [0.1, 0.15) is 0 Å². The Morgan fingerprint density at radius 3 is 2.42 bits per heavy atom. The van der Waals surface area contributed by atoms with Crippen LogP contribution < -0.4 is 0 Å². The lowest BCUT2D eigenvalue weighted by molar-refractivity contribution is -0.135. The Labute approximate surface area is 146 Å². The Hall–Kier alpha value is -1.35. The highest BCUT2D eigenvalue weighted by molar-refractivity contribution is 5.77. The molecule has 1 aromatic rings. The topological polar surface area (TPSA) is 29.5 Å². The number of hydrogen-bond acceptors (Lipinski definition) is 2. The first-order chi connectivity index (χ1) is 11.6. The molecule has 2 fully saturated rings. The Kier molecular flexibility index (Phi) is 5.94. The van der Waals surface area contributed by atoms with Gasteiger partial charge in [-0.15, -0.1) is 0 Å². The molecule has 1 saturated carbocycles. The van der Waals surface area contributed by atoms with Crippen LogP contribution in [0.5, 0.6) is 0 Å². The van der Waals surface area contributed by atoms with Crippen LogP contribution in [-0.2, 0) is 9.53 Å². The molecule has 2 aliphatic rings. The van der Waals surface area contributed by atoms with E-state index in [9.17, 15) is 4.79 Å². The second-order valence-corrected chi connectivity index (χ2v) is 7.58. The van der Waals surface area contributed by atoms with Crippen molar-refractivity contribution in [2.24, 2.45) is 0 Å². The van der Waals surface area contributed by atoms with E-state index in [0.717, 1.165) is 25.9 Å². The monoisotopic (exact) mass is 329 g/mol. The van der Waals surface area contributed by atoms with E-state index in [-0.39, 0.29) is 5.92 Å². The fraction of sp³-hybridized carbons (Fsp3) is 0.667. The molecule has 0 aromatic heterocycles. The van der Waals surface area contributed by atoms with Gasteiger partial charge in [0.05, 0.1) is 12.2 Å². The van der Waals surface area contributed by atoms with Gasteiger partial charge in [-0.2, -0.15) is 0 Å². The largest absolute Gasteiger partial charge is 0.375 e. The number of nitrogens with zero attached hydrogens (tertiary/aromatic N) is 1. The van der Waals surface area contributed by atoms with Crippen molar-refractivity contribution in [3.63, 3.8) is 0 Å². The summed E-state index contributed by atoms with van der Waals surface area (Å²) in [7, 11) is 0. The number of rotatable bonds is 5. The number of hydrogen-bond donors (Lipinski definition) is 0. The van der Waals surface area contributed by atoms with Crippen molar-refractivity contribution in [3.8, 4) is 0 Å². The van der Waals surface area contributed by atoms with Crippen LogP contribution >= 0.6 is 0 Å². The number of piperidine rings is 1. The van der Waals surface area contributed by atoms with Crippen molar-refractivity contribution in [1.29, 1.82) is 0 Å². The molecule has 1 saturated heterocycles. The predicted octanol–water partition coefficient (Wildman–Crippen LogP) is 4.44. The molecular formula is C21H31NO2. The molecule has 1 atom stereocenters. The van der Waals surface area contributed by atoms with Crippen molar-refractivity contribution >= 4 is 5.91 Å². The van der Waals surface area contributed by atoms with Gasteiger partial charge in [0, 0.05) is 19.5 Å². The molecule has 1 aromatic carbocycles. The quantitative estimate of drug-likeness (QED) is 0.799. The molecular weight excluding hydrogens is 298 g/mol. The molecule has 3 nitrogen and oxygen atoms in total. The Morgan fingerprint density at radius 1 is 1.12 bits per heavy atom. The molecule has 132 valence electrons. The van der Waals surface area contributed by atoms with Crippen molar-refractivity contribution in [2.45, 2.75) is 76.9 Å². The number of amides is 1. The summed E-state index contributed by atoms with van der Waals surface area (Å²) in [6.07, 6.45) is 8.56. The van der Waals surface area contributed by atoms with Gasteiger partial charge in [-0.3, -0.25) is 4.79 Å². The van der Waals surface area contributed by atoms with Crippen LogP contribution in [0, 0.1) is 6.92 Å². The number of aryl methyl sites for hydroxylation is 1. The molecule has 1 unspecified atom stereocenters. The smallest absolute Gasteiger partial charge is 0.223 e. The summed E-state index contributed by atoms with van der Waals surface area (Å²) in [4.78, 5) is 14.7. The van der Waals surface area contributed by atoms with Crippen LogP contribution in [0.1, 0.15) is 68.9 Å². The van der Waals surface area contributed by atoms with Crippen molar-refractivity contribution in [1.82, 2.24) is 4.90 Å². The van der Waals surface area contributed by atoms with Gasteiger partial charge in [-0.05, 0) is 49.7 Å². The minimum Gasteiger partial charge on any atom is -0.375 e. The Bertz CT molecular complexity index is 543. The zero-order chi connectivity index (χ0) is 16.9. The summed E-state index contributed by atoms with van der Waals surface area (Å²) < 4.78 is 6.21. The summed E-state index contributed by atoms with van der Waals surface area (Å²) in [5, 5.41) is 0. The minimum absolute atomic E-state index is 0.283. The molecule has 1 aliphatic carbocycles. The van der Waals surface area contributed by atoms with Crippen molar-refractivity contribution in [3.05, 3.63) is 35.4 Å². The van der Waals surface area contributed by atoms with E-state index >= 15 is 0 Å². The third-order valence-electron chi connectivity index (χ3n) is 5.68. The maximum atomic E-state index is 12.6. The summed E-state index contributed by atoms with van der Waals surface area (Å²) in [6, 6.07) is 8.40. The van der Waals surface area contributed by atoms with Gasteiger partial charge in [0.15, 0.2) is 0 Å². The third-order valence-corrected chi connectivity index (χ3v) is 5.68. The van der Waals surface area contributed by atoms with Crippen LogP contribution in [0.3, 0.4) is 0 Å². The molecule has 24 heavy (non-hydrogen) atoms. The van der Waals surface area contributed by atoms with Gasteiger partial charge in [-0.25, -0.2) is 0 Å². The van der Waals surface area contributed by atoms with Crippen LogP contribution in [0.2, 0.25) is 0 Å². The summed E-state index contributed by atoms with van der Waals surface area (Å²) in [6.45, 7) is 6.01.